The number of ether oxygens (including phenoxy) is 2. The summed E-state index contributed by atoms with van der Waals surface area (Å²) < 4.78 is 10.00. The van der Waals surface area contributed by atoms with Gasteiger partial charge in [0.25, 0.3) is 0 Å². The van der Waals surface area contributed by atoms with Crippen molar-refractivity contribution >= 4 is 5.91 Å². The zero-order valence-corrected chi connectivity index (χ0v) is 9.26. The fourth-order valence-electron chi connectivity index (χ4n) is 1.45. The number of hydrogen-bond donors (Lipinski definition) is 5. The molecule has 17 heavy (non-hydrogen) atoms. The first-order chi connectivity index (χ1) is 7.88. The van der Waals surface area contributed by atoms with Crippen LogP contribution in [0.15, 0.2) is 0 Å². The van der Waals surface area contributed by atoms with Crippen LogP contribution >= 0.6 is 0 Å². The van der Waals surface area contributed by atoms with Gasteiger partial charge < -0.3 is 35.6 Å². The molecule has 1 aliphatic rings. The lowest BCUT2D eigenvalue weighted by Gasteiger charge is -2.40. The summed E-state index contributed by atoms with van der Waals surface area (Å²) in [4.78, 5) is 10.8. The predicted octanol–water partition coefficient (Wildman–Crippen LogP) is -3.32. The molecule has 1 heterocycles. The fraction of sp³-hybridized carbons (Fsp3) is 0.889. The van der Waals surface area contributed by atoms with Crippen molar-refractivity contribution < 1.29 is 34.7 Å². The number of aliphatic hydroxyl groups is 4. The largest absolute Gasteiger partial charge is 0.394 e. The van der Waals surface area contributed by atoms with Crippen LogP contribution in [0.4, 0.5) is 0 Å². The third-order valence-corrected chi connectivity index (χ3v) is 2.59. The van der Waals surface area contributed by atoms with Crippen LogP contribution in [-0.4, -0.2) is 69.8 Å². The summed E-state index contributed by atoms with van der Waals surface area (Å²) in [6.07, 6.45) is -7.97. The molecule has 4 unspecified atom stereocenters. The standard InChI is InChI=1S/C9H17NO7/c1-3(8(10)15)16-9-7(14)6(13)5(12)4(2-11)17-9/h3-7,9,11-14H,2H2,1H3,(H2,10,15)/t3?,4?,5-,6?,7?,9-/m0/s1. The van der Waals surface area contributed by atoms with E-state index in [1.165, 1.54) is 6.92 Å². The normalized spacial score (nSPS) is 39.9. The molecule has 8 heteroatoms. The summed E-state index contributed by atoms with van der Waals surface area (Å²) in [5, 5.41) is 37.4. The van der Waals surface area contributed by atoms with Gasteiger partial charge in [-0.15, -0.1) is 0 Å². The maximum absolute atomic E-state index is 10.8. The van der Waals surface area contributed by atoms with Crippen molar-refractivity contribution in [1.82, 2.24) is 0 Å². The molecule has 8 nitrogen and oxygen atoms in total. The van der Waals surface area contributed by atoms with Gasteiger partial charge in [-0.3, -0.25) is 4.79 Å². The maximum atomic E-state index is 10.8. The summed E-state index contributed by atoms with van der Waals surface area (Å²) in [6.45, 7) is 0.791. The monoisotopic (exact) mass is 251 g/mol. The van der Waals surface area contributed by atoms with Crippen LogP contribution in [0.5, 0.6) is 0 Å². The summed E-state index contributed by atoms with van der Waals surface area (Å²) in [5.41, 5.74) is 4.97. The maximum Gasteiger partial charge on any atom is 0.246 e. The highest BCUT2D eigenvalue weighted by Gasteiger charge is 2.44. The molecule has 0 aromatic carbocycles. The lowest BCUT2D eigenvalue weighted by Crippen LogP contribution is -2.60. The van der Waals surface area contributed by atoms with Gasteiger partial charge in [-0.25, -0.2) is 0 Å². The van der Waals surface area contributed by atoms with E-state index in [0.717, 1.165) is 0 Å². The zero-order valence-electron chi connectivity index (χ0n) is 9.26. The first-order valence-corrected chi connectivity index (χ1v) is 5.13. The minimum absolute atomic E-state index is 0.560. The van der Waals surface area contributed by atoms with E-state index < -0.39 is 49.3 Å². The van der Waals surface area contributed by atoms with Gasteiger partial charge in [-0.05, 0) is 6.92 Å². The summed E-state index contributed by atoms with van der Waals surface area (Å²) in [5.74, 6) is -0.762. The molecular formula is C9H17NO7. The molecule has 6 atom stereocenters. The number of nitrogens with two attached hydrogens (primary N) is 1. The zero-order chi connectivity index (χ0) is 13.2. The molecule has 0 aromatic rings. The van der Waals surface area contributed by atoms with Gasteiger partial charge >= 0.3 is 0 Å². The lowest BCUT2D eigenvalue weighted by atomic mass is 9.99. The van der Waals surface area contributed by atoms with Crippen molar-refractivity contribution in [3.05, 3.63) is 0 Å². The number of aliphatic hydroxyl groups excluding tert-OH is 4. The Bertz CT molecular complexity index is 272. The average molecular weight is 251 g/mol. The number of hydrogen-bond acceptors (Lipinski definition) is 7. The van der Waals surface area contributed by atoms with Crippen LogP contribution in [0.3, 0.4) is 0 Å². The van der Waals surface area contributed by atoms with E-state index in [9.17, 15) is 20.1 Å². The molecule has 6 N–H and O–H groups in total. The number of carbonyl (C=O) groups excluding carboxylic acids is 1. The van der Waals surface area contributed by atoms with E-state index in [2.05, 4.69) is 0 Å². The molecule has 1 fully saturated rings. The summed E-state index contributed by atoms with van der Waals surface area (Å²) >= 11 is 0. The molecule has 100 valence electrons. The molecule has 0 bridgehead atoms. The van der Waals surface area contributed by atoms with Gasteiger partial charge in [0, 0.05) is 0 Å². The summed E-state index contributed by atoms with van der Waals surface area (Å²) in [6, 6.07) is 0. The molecule has 1 aliphatic heterocycles. The van der Waals surface area contributed by atoms with Gasteiger partial charge in [0.15, 0.2) is 6.29 Å². The van der Waals surface area contributed by atoms with Crippen molar-refractivity contribution in [1.29, 1.82) is 0 Å². The van der Waals surface area contributed by atoms with E-state index in [1.54, 1.807) is 0 Å². The van der Waals surface area contributed by atoms with E-state index in [0.29, 0.717) is 0 Å². The van der Waals surface area contributed by atoms with Gasteiger partial charge in [-0.2, -0.15) is 0 Å². The molecule has 0 spiro atoms. The Morgan fingerprint density at radius 3 is 2.41 bits per heavy atom. The van der Waals surface area contributed by atoms with Crippen molar-refractivity contribution in [2.24, 2.45) is 5.73 Å². The number of primary amides is 1. The first-order valence-electron chi connectivity index (χ1n) is 5.13. The number of carbonyl (C=O) groups is 1. The van der Waals surface area contributed by atoms with Crippen LogP contribution in [0.2, 0.25) is 0 Å². The number of amides is 1. The lowest BCUT2D eigenvalue weighted by molar-refractivity contribution is -0.307. The summed E-state index contributed by atoms with van der Waals surface area (Å²) in [7, 11) is 0. The predicted molar refractivity (Wildman–Crippen MR) is 53.5 cm³/mol. The highest BCUT2D eigenvalue weighted by atomic mass is 16.7. The van der Waals surface area contributed by atoms with Crippen LogP contribution in [0.25, 0.3) is 0 Å². The Kier molecular flexibility index (Phi) is 4.80. The van der Waals surface area contributed by atoms with Crippen LogP contribution in [0, 0.1) is 0 Å². The highest BCUT2D eigenvalue weighted by Crippen LogP contribution is 2.22. The second-order valence-electron chi connectivity index (χ2n) is 3.88. The minimum Gasteiger partial charge on any atom is -0.394 e. The SMILES string of the molecule is CC(O[C@H]1OC(CO)[C@H](O)C(O)C1O)C(N)=O. The molecular weight excluding hydrogens is 234 g/mol. The fourth-order valence-corrected chi connectivity index (χ4v) is 1.45. The quantitative estimate of drug-likeness (QED) is 0.352. The van der Waals surface area contributed by atoms with Crippen molar-refractivity contribution in [2.45, 2.75) is 43.7 Å². The van der Waals surface area contributed by atoms with Crippen LogP contribution < -0.4 is 5.73 Å². The third-order valence-electron chi connectivity index (χ3n) is 2.59. The Balaban J connectivity index is 2.68. The van der Waals surface area contributed by atoms with Crippen LogP contribution in [-0.2, 0) is 14.3 Å². The smallest absolute Gasteiger partial charge is 0.246 e. The van der Waals surface area contributed by atoms with Crippen molar-refractivity contribution in [3.63, 3.8) is 0 Å². The second kappa shape index (κ2) is 5.71. The molecule has 1 amide bonds. The Labute approximate surface area is 97.6 Å². The Hall–Kier alpha value is -0.770. The van der Waals surface area contributed by atoms with E-state index in [4.69, 9.17) is 20.3 Å². The molecule has 0 radical (unpaired) electrons. The Morgan fingerprint density at radius 2 is 1.94 bits per heavy atom. The van der Waals surface area contributed by atoms with Gasteiger partial charge in [-0.1, -0.05) is 0 Å². The number of rotatable bonds is 4. The molecule has 0 aliphatic carbocycles. The van der Waals surface area contributed by atoms with Gasteiger partial charge in [0.05, 0.1) is 6.61 Å². The molecule has 1 rings (SSSR count). The molecule has 0 aromatic heterocycles. The minimum atomic E-state index is -1.54. The van der Waals surface area contributed by atoms with Crippen LogP contribution in [0.1, 0.15) is 6.92 Å². The Morgan fingerprint density at radius 1 is 1.35 bits per heavy atom. The van der Waals surface area contributed by atoms with E-state index in [-0.39, 0.29) is 0 Å². The molecule has 1 saturated heterocycles. The second-order valence-corrected chi connectivity index (χ2v) is 3.88. The van der Waals surface area contributed by atoms with Crippen molar-refractivity contribution in [3.8, 4) is 0 Å². The first kappa shape index (κ1) is 14.3. The van der Waals surface area contributed by atoms with Crippen molar-refractivity contribution in [2.75, 3.05) is 6.61 Å². The molecule has 0 saturated carbocycles. The van der Waals surface area contributed by atoms with E-state index >= 15 is 0 Å². The topological polar surface area (TPSA) is 142 Å². The van der Waals surface area contributed by atoms with Gasteiger partial charge in [0.1, 0.15) is 30.5 Å². The third kappa shape index (κ3) is 3.12. The average Bonchev–Trinajstić information content (AvgIpc) is 2.29. The van der Waals surface area contributed by atoms with Gasteiger partial charge in [0.2, 0.25) is 5.91 Å². The highest BCUT2D eigenvalue weighted by molar-refractivity contribution is 5.78. The van der Waals surface area contributed by atoms with E-state index in [1.807, 2.05) is 0 Å².